The molecule has 1 aliphatic heterocycles. The van der Waals surface area contributed by atoms with E-state index in [2.05, 4.69) is 30.6 Å². The van der Waals surface area contributed by atoms with E-state index >= 15 is 0 Å². The Morgan fingerprint density at radius 2 is 2.13 bits per heavy atom. The number of piperidine rings is 1. The van der Waals surface area contributed by atoms with Crippen molar-refractivity contribution >= 4 is 34.3 Å². The first-order valence-corrected chi connectivity index (χ1v) is 10.7. The average molecular weight is 425 g/mol. The van der Waals surface area contributed by atoms with Gasteiger partial charge in [0.2, 0.25) is 11.0 Å². The molecular weight excluding hydrogens is 400 g/mol. The number of aryl methyl sites for hydroxylation is 3. The molecule has 0 spiro atoms. The molecule has 30 heavy (non-hydrogen) atoms. The second-order valence-corrected chi connectivity index (χ2v) is 8.41. The molecule has 1 fully saturated rings. The third-order valence-electron chi connectivity index (χ3n) is 5.00. The van der Waals surface area contributed by atoms with E-state index in [0.29, 0.717) is 23.3 Å². The van der Waals surface area contributed by atoms with Gasteiger partial charge in [-0.2, -0.15) is 5.10 Å². The van der Waals surface area contributed by atoms with Gasteiger partial charge < -0.3 is 10.2 Å². The maximum Gasteiger partial charge on any atom is 0.247 e. The summed E-state index contributed by atoms with van der Waals surface area (Å²) in [7, 11) is 1.85. The number of amides is 1. The lowest BCUT2D eigenvalue weighted by Crippen LogP contribution is -2.38. The van der Waals surface area contributed by atoms with E-state index in [-0.39, 0.29) is 11.9 Å². The van der Waals surface area contributed by atoms with E-state index in [1.807, 2.05) is 37.9 Å². The molecule has 10 heteroatoms. The molecule has 1 unspecified atom stereocenters. The van der Waals surface area contributed by atoms with Crippen molar-refractivity contribution in [2.24, 2.45) is 7.05 Å². The van der Waals surface area contributed by atoms with E-state index in [0.717, 1.165) is 35.7 Å². The molecule has 0 radical (unpaired) electrons. The lowest BCUT2D eigenvalue weighted by molar-refractivity contribution is -0.129. The summed E-state index contributed by atoms with van der Waals surface area (Å²) in [6, 6.07) is 3.70. The molecule has 9 nitrogen and oxygen atoms in total. The van der Waals surface area contributed by atoms with Gasteiger partial charge in [-0.25, -0.2) is 9.97 Å². The first-order chi connectivity index (χ1) is 14.5. The third kappa shape index (κ3) is 4.54. The topological polar surface area (TPSA) is 102 Å². The Morgan fingerprint density at radius 1 is 1.27 bits per heavy atom. The van der Waals surface area contributed by atoms with Gasteiger partial charge in [0, 0.05) is 31.9 Å². The van der Waals surface area contributed by atoms with Crippen LogP contribution in [-0.4, -0.2) is 47.3 Å². The van der Waals surface area contributed by atoms with E-state index < -0.39 is 0 Å². The lowest BCUT2D eigenvalue weighted by atomic mass is 9.98. The highest BCUT2D eigenvalue weighted by molar-refractivity contribution is 7.15. The molecule has 3 aromatic heterocycles. The number of nitrogens with one attached hydrogen (secondary N) is 1. The van der Waals surface area contributed by atoms with Crippen LogP contribution < -0.4 is 5.32 Å². The van der Waals surface area contributed by atoms with Crippen molar-refractivity contribution in [3.8, 4) is 0 Å². The number of rotatable bonds is 5. The third-order valence-corrected chi connectivity index (χ3v) is 5.76. The minimum absolute atomic E-state index is 0.0218. The second-order valence-electron chi connectivity index (χ2n) is 7.23. The predicted molar refractivity (Wildman–Crippen MR) is 115 cm³/mol. The summed E-state index contributed by atoms with van der Waals surface area (Å²) in [5.74, 6) is 1.29. The molecule has 1 saturated heterocycles. The molecule has 3 aromatic rings. The molecule has 0 bridgehead atoms. The van der Waals surface area contributed by atoms with E-state index in [4.69, 9.17) is 0 Å². The largest absolute Gasteiger partial charge is 0.331 e. The van der Waals surface area contributed by atoms with Gasteiger partial charge >= 0.3 is 0 Å². The highest BCUT2D eigenvalue weighted by atomic mass is 32.1. The molecule has 4 heterocycles. The molecule has 1 atom stereocenters. The van der Waals surface area contributed by atoms with Crippen LogP contribution in [0.25, 0.3) is 6.08 Å². The monoisotopic (exact) mass is 424 g/mol. The molecule has 1 amide bonds. The van der Waals surface area contributed by atoms with Crippen LogP contribution in [0.2, 0.25) is 0 Å². The molecule has 156 valence electrons. The van der Waals surface area contributed by atoms with Gasteiger partial charge in [-0.05, 0) is 45.3 Å². The quantitative estimate of drug-likeness (QED) is 0.628. The summed E-state index contributed by atoms with van der Waals surface area (Å²) in [6.07, 6.45) is 8.05. The van der Waals surface area contributed by atoms with Crippen LogP contribution in [0, 0.1) is 13.8 Å². The maximum atomic E-state index is 13.0. The molecular formula is C20H24N8OS. The number of likely N-dealkylation sites (tertiary alicyclic amines) is 1. The van der Waals surface area contributed by atoms with Gasteiger partial charge in [-0.3, -0.25) is 9.48 Å². The van der Waals surface area contributed by atoms with Gasteiger partial charge in [0.25, 0.3) is 0 Å². The zero-order valence-corrected chi connectivity index (χ0v) is 18.1. The van der Waals surface area contributed by atoms with Crippen LogP contribution in [0.15, 0.2) is 24.4 Å². The second kappa shape index (κ2) is 8.70. The minimum Gasteiger partial charge on any atom is -0.331 e. The maximum absolute atomic E-state index is 13.0. The van der Waals surface area contributed by atoms with Crippen LogP contribution >= 0.6 is 11.3 Å². The Hall–Kier alpha value is -3.14. The van der Waals surface area contributed by atoms with Crippen molar-refractivity contribution in [3.63, 3.8) is 0 Å². The zero-order chi connectivity index (χ0) is 21.1. The van der Waals surface area contributed by atoms with Gasteiger partial charge in [-0.1, -0.05) is 11.3 Å². The molecule has 0 saturated carbocycles. The van der Waals surface area contributed by atoms with Crippen molar-refractivity contribution in [1.82, 2.24) is 34.8 Å². The fourth-order valence-electron chi connectivity index (χ4n) is 3.59. The van der Waals surface area contributed by atoms with Crippen LogP contribution in [0.5, 0.6) is 0 Å². The van der Waals surface area contributed by atoms with E-state index in [1.54, 1.807) is 23.0 Å². The van der Waals surface area contributed by atoms with Crippen LogP contribution in [-0.2, 0) is 11.8 Å². The number of hydrogen-bond acceptors (Lipinski definition) is 8. The van der Waals surface area contributed by atoms with Gasteiger partial charge in [0.05, 0.1) is 17.4 Å². The lowest BCUT2D eigenvalue weighted by Gasteiger charge is -2.35. The summed E-state index contributed by atoms with van der Waals surface area (Å²) >= 11 is 1.47. The molecule has 1 aliphatic rings. The number of hydrogen-bond donors (Lipinski definition) is 1. The fourth-order valence-corrected chi connectivity index (χ4v) is 4.18. The van der Waals surface area contributed by atoms with Crippen molar-refractivity contribution in [2.75, 3.05) is 11.9 Å². The number of nitrogens with zero attached hydrogens (tertiary/aromatic N) is 7. The van der Waals surface area contributed by atoms with Gasteiger partial charge in [0.1, 0.15) is 16.6 Å². The first kappa shape index (κ1) is 20.1. The Kier molecular flexibility index (Phi) is 5.84. The number of anilines is 2. The Morgan fingerprint density at radius 3 is 2.87 bits per heavy atom. The van der Waals surface area contributed by atoms with E-state index in [9.17, 15) is 4.79 Å². The molecule has 1 N–H and O–H groups in total. The Labute approximate surface area is 178 Å². The molecule has 0 aromatic carbocycles. The Bertz CT molecular complexity index is 1070. The van der Waals surface area contributed by atoms with Crippen molar-refractivity contribution < 1.29 is 4.79 Å². The highest BCUT2D eigenvalue weighted by Gasteiger charge is 2.28. The highest BCUT2D eigenvalue weighted by Crippen LogP contribution is 2.31. The van der Waals surface area contributed by atoms with Gasteiger partial charge in [0.15, 0.2) is 0 Å². The first-order valence-electron chi connectivity index (χ1n) is 9.89. The summed E-state index contributed by atoms with van der Waals surface area (Å²) in [6.45, 7) is 4.47. The van der Waals surface area contributed by atoms with Crippen molar-refractivity contribution in [3.05, 3.63) is 46.6 Å². The molecule has 4 rings (SSSR count). The smallest absolute Gasteiger partial charge is 0.247 e. The summed E-state index contributed by atoms with van der Waals surface area (Å²) in [5, 5.41) is 17.0. The number of carbonyl (C=O) groups excluding carboxylic acids is 1. The fraction of sp³-hybridized carbons (Fsp3) is 0.400. The van der Waals surface area contributed by atoms with E-state index in [1.165, 1.54) is 11.3 Å². The van der Waals surface area contributed by atoms with Crippen LogP contribution in [0.4, 0.5) is 10.9 Å². The summed E-state index contributed by atoms with van der Waals surface area (Å²) < 4.78 is 1.73. The summed E-state index contributed by atoms with van der Waals surface area (Å²) in [4.78, 5) is 24.0. The van der Waals surface area contributed by atoms with Gasteiger partial charge in [-0.15, -0.1) is 10.2 Å². The normalized spacial score (nSPS) is 16.9. The average Bonchev–Trinajstić information content (AvgIpc) is 3.33. The number of carbonyl (C=O) groups is 1. The number of aromatic nitrogens is 6. The van der Waals surface area contributed by atoms with Crippen molar-refractivity contribution in [2.45, 2.75) is 39.2 Å². The standard InChI is InChI=1S/C20H24N8OS/c1-13-22-16(12-18(23-13)24-20-26-25-14(2)30-20)17-6-4-5-11-28(17)19(29)8-7-15-9-10-21-27(15)3/h7-10,12,17H,4-6,11H2,1-3H3,(H,22,23,24,26)/b8-7+. The summed E-state index contributed by atoms with van der Waals surface area (Å²) in [5.41, 5.74) is 1.72. The van der Waals surface area contributed by atoms with Crippen molar-refractivity contribution in [1.29, 1.82) is 0 Å². The SMILES string of the molecule is Cc1nc(Nc2nnc(C)s2)cc(C2CCCCN2C(=O)/C=C/c2ccnn2C)n1. The molecule has 0 aliphatic carbocycles. The Balaban J connectivity index is 1.56. The van der Waals surface area contributed by atoms with Crippen LogP contribution in [0.1, 0.15) is 47.5 Å². The minimum atomic E-state index is -0.0826. The predicted octanol–water partition coefficient (Wildman–Crippen LogP) is 3.19. The zero-order valence-electron chi connectivity index (χ0n) is 17.2. The van der Waals surface area contributed by atoms with Crippen LogP contribution in [0.3, 0.4) is 0 Å².